The molecule has 0 saturated heterocycles. The number of rotatable bonds is 3. The van der Waals surface area contributed by atoms with E-state index in [9.17, 15) is 17.6 Å². The van der Waals surface area contributed by atoms with Gasteiger partial charge in [-0.15, -0.1) is 6.42 Å². The summed E-state index contributed by atoms with van der Waals surface area (Å²) in [5, 5.41) is 0. The molecule has 1 aliphatic rings. The molecule has 0 bridgehead atoms. The number of anilines is 1. The molecule has 0 aromatic heterocycles. The van der Waals surface area contributed by atoms with Gasteiger partial charge in [-0.05, 0) is 36.8 Å². The van der Waals surface area contributed by atoms with Crippen LogP contribution in [0, 0.1) is 25.1 Å². The van der Waals surface area contributed by atoms with Gasteiger partial charge in [0.1, 0.15) is 5.82 Å². The largest absolute Gasteiger partial charge is 0.273 e. The van der Waals surface area contributed by atoms with Crippen molar-refractivity contribution in [2.75, 3.05) is 4.31 Å². The van der Waals surface area contributed by atoms with E-state index in [1.165, 1.54) is 30.3 Å². The monoisotopic (exact) mass is 419 g/mol. The first-order valence-corrected chi connectivity index (χ1v) is 10.8. The fourth-order valence-corrected chi connectivity index (χ4v) is 5.26. The van der Waals surface area contributed by atoms with Gasteiger partial charge in [0.2, 0.25) is 5.91 Å². The Morgan fingerprint density at radius 2 is 1.63 bits per heavy atom. The maximum Gasteiger partial charge on any atom is 0.270 e. The second kappa shape index (κ2) is 7.43. The van der Waals surface area contributed by atoms with Crippen LogP contribution in [0.25, 0.3) is 0 Å². The number of carbonyl (C=O) groups is 1. The third-order valence-electron chi connectivity index (χ3n) is 5.26. The summed E-state index contributed by atoms with van der Waals surface area (Å²) in [7, 11) is -4.28. The highest BCUT2D eigenvalue weighted by molar-refractivity contribution is 7.93. The minimum absolute atomic E-state index is 0.0316. The number of nitrogens with zero attached hydrogens (tertiary/aromatic N) is 1. The van der Waals surface area contributed by atoms with E-state index in [0.717, 1.165) is 5.56 Å². The van der Waals surface area contributed by atoms with Crippen molar-refractivity contribution < 1.29 is 17.6 Å². The van der Waals surface area contributed by atoms with E-state index in [2.05, 4.69) is 5.92 Å². The molecule has 0 radical (unpaired) electrons. The average molecular weight is 419 g/mol. The van der Waals surface area contributed by atoms with Crippen LogP contribution in [-0.4, -0.2) is 14.3 Å². The first-order valence-electron chi connectivity index (χ1n) is 9.31. The standard InChI is InChI=1S/C24H18FNO3S/c1-3-19-22(17-8-5-4-6-9-17)24(27)26(21-11-7-10-20(25)23(19)21)30(28,29)18-14-12-16(2)13-15-18/h1,4-15,19,22H,2H3/t19-,22-/m0/s1. The number of carbonyl (C=O) groups excluding carboxylic acids is 1. The summed E-state index contributed by atoms with van der Waals surface area (Å²) in [6, 6.07) is 18.8. The lowest BCUT2D eigenvalue weighted by Crippen LogP contribution is -2.45. The van der Waals surface area contributed by atoms with Gasteiger partial charge in [-0.25, -0.2) is 17.1 Å². The zero-order chi connectivity index (χ0) is 21.5. The number of benzene rings is 3. The van der Waals surface area contributed by atoms with Gasteiger partial charge >= 0.3 is 0 Å². The minimum atomic E-state index is -4.28. The SMILES string of the molecule is C#C[C@@H]1c2c(F)cccc2N(S(=O)(=O)c2ccc(C)cc2)C(=O)[C@H]1c1ccccc1. The predicted molar refractivity (Wildman–Crippen MR) is 113 cm³/mol. The molecular formula is C24H18FNO3S. The summed E-state index contributed by atoms with van der Waals surface area (Å²) in [6.07, 6.45) is 5.72. The molecule has 0 aliphatic carbocycles. The van der Waals surface area contributed by atoms with E-state index in [-0.39, 0.29) is 16.1 Å². The Balaban J connectivity index is 1.99. The Bertz CT molecular complexity index is 1260. The van der Waals surface area contributed by atoms with Crippen LogP contribution in [0.15, 0.2) is 77.7 Å². The molecule has 150 valence electrons. The molecule has 6 heteroatoms. The first-order chi connectivity index (χ1) is 14.4. The van der Waals surface area contributed by atoms with Gasteiger partial charge in [-0.1, -0.05) is 60.0 Å². The van der Waals surface area contributed by atoms with Crippen LogP contribution >= 0.6 is 0 Å². The third-order valence-corrected chi connectivity index (χ3v) is 6.98. The van der Waals surface area contributed by atoms with Gasteiger partial charge in [0.15, 0.2) is 0 Å². The van der Waals surface area contributed by atoms with Crippen LogP contribution < -0.4 is 4.31 Å². The number of aryl methyl sites for hydroxylation is 1. The number of hydrogen-bond acceptors (Lipinski definition) is 3. The maximum absolute atomic E-state index is 14.9. The molecule has 3 aromatic carbocycles. The van der Waals surface area contributed by atoms with Crippen molar-refractivity contribution in [3.63, 3.8) is 0 Å². The molecule has 4 nitrogen and oxygen atoms in total. The lowest BCUT2D eigenvalue weighted by molar-refractivity contribution is -0.119. The van der Waals surface area contributed by atoms with Crippen molar-refractivity contribution in [2.24, 2.45) is 0 Å². The third kappa shape index (κ3) is 3.08. The summed E-state index contributed by atoms with van der Waals surface area (Å²) in [4.78, 5) is 13.5. The highest BCUT2D eigenvalue weighted by atomic mass is 32.2. The molecule has 1 amide bonds. The van der Waals surface area contributed by atoms with E-state index in [4.69, 9.17) is 6.42 Å². The van der Waals surface area contributed by atoms with E-state index >= 15 is 0 Å². The molecule has 0 fully saturated rings. The summed E-state index contributed by atoms with van der Waals surface area (Å²) in [5.41, 5.74) is 1.39. The van der Waals surface area contributed by atoms with Crippen LogP contribution in [0.5, 0.6) is 0 Å². The quantitative estimate of drug-likeness (QED) is 0.593. The van der Waals surface area contributed by atoms with Crippen LogP contribution in [0.4, 0.5) is 10.1 Å². The lowest BCUT2D eigenvalue weighted by Gasteiger charge is -2.37. The van der Waals surface area contributed by atoms with Crippen molar-refractivity contribution in [3.05, 3.63) is 95.3 Å². The number of halogens is 1. The molecule has 1 heterocycles. The van der Waals surface area contributed by atoms with Crippen molar-refractivity contribution in [3.8, 4) is 12.3 Å². The summed E-state index contributed by atoms with van der Waals surface area (Å²) >= 11 is 0. The predicted octanol–water partition coefficient (Wildman–Crippen LogP) is 4.37. The molecule has 0 N–H and O–H groups in total. The molecule has 0 spiro atoms. The Kier molecular flexibility index (Phi) is 4.92. The molecule has 2 atom stereocenters. The molecule has 0 saturated carbocycles. The topological polar surface area (TPSA) is 54.5 Å². The van der Waals surface area contributed by atoms with E-state index in [0.29, 0.717) is 9.87 Å². The van der Waals surface area contributed by atoms with E-state index in [1.54, 1.807) is 42.5 Å². The zero-order valence-electron chi connectivity index (χ0n) is 16.1. The minimum Gasteiger partial charge on any atom is -0.273 e. The first kappa shape index (κ1) is 19.9. The number of sulfonamides is 1. The number of hydrogen-bond donors (Lipinski definition) is 0. The second-order valence-electron chi connectivity index (χ2n) is 7.13. The van der Waals surface area contributed by atoms with Gasteiger partial charge in [0, 0.05) is 5.56 Å². The van der Waals surface area contributed by atoms with E-state index in [1.807, 2.05) is 6.92 Å². The zero-order valence-corrected chi connectivity index (χ0v) is 16.9. The second-order valence-corrected chi connectivity index (χ2v) is 8.91. The smallest absolute Gasteiger partial charge is 0.270 e. The van der Waals surface area contributed by atoms with Gasteiger partial charge in [0.25, 0.3) is 10.0 Å². The van der Waals surface area contributed by atoms with Gasteiger partial charge < -0.3 is 0 Å². The molecule has 4 rings (SSSR count). The molecule has 1 aliphatic heterocycles. The molecular weight excluding hydrogens is 401 g/mol. The highest BCUT2D eigenvalue weighted by Crippen LogP contribution is 2.46. The number of fused-ring (bicyclic) bond motifs is 1. The van der Waals surface area contributed by atoms with Crippen LogP contribution in [0.3, 0.4) is 0 Å². The number of terminal acetylenes is 1. The van der Waals surface area contributed by atoms with Crippen LogP contribution in [-0.2, 0) is 14.8 Å². The summed E-state index contributed by atoms with van der Waals surface area (Å²) in [5.74, 6) is -0.791. The van der Waals surface area contributed by atoms with Gasteiger partial charge in [0.05, 0.1) is 22.4 Å². The Morgan fingerprint density at radius 3 is 2.27 bits per heavy atom. The van der Waals surface area contributed by atoms with Crippen molar-refractivity contribution in [1.82, 2.24) is 0 Å². The fourth-order valence-electron chi connectivity index (χ4n) is 3.80. The molecule has 30 heavy (non-hydrogen) atoms. The van der Waals surface area contributed by atoms with Crippen LogP contribution in [0.2, 0.25) is 0 Å². The van der Waals surface area contributed by atoms with E-state index < -0.39 is 33.6 Å². The maximum atomic E-state index is 14.9. The van der Waals surface area contributed by atoms with Crippen LogP contribution in [0.1, 0.15) is 28.5 Å². The summed E-state index contributed by atoms with van der Waals surface area (Å²) < 4.78 is 42.6. The Morgan fingerprint density at radius 1 is 0.967 bits per heavy atom. The molecule has 3 aromatic rings. The molecule has 0 unspecified atom stereocenters. The van der Waals surface area contributed by atoms with Crippen molar-refractivity contribution in [2.45, 2.75) is 23.7 Å². The Hall–Kier alpha value is -3.43. The van der Waals surface area contributed by atoms with Crippen molar-refractivity contribution in [1.29, 1.82) is 0 Å². The fraction of sp³-hybridized carbons (Fsp3) is 0.125. The summed E-state index contributed by atoms with van der Waals surface area (Å²) in [6.45, 7) is 1.83. The van der Waals surface area contributed by atoms with Gasteiger partial charge in [-0.2, -0.15) is 0 Å². The normalized spacial score (nSPS) is 18.6. The van der Waals surface area contributed by atoms with Gasteiger partial charge in [-0.3, -0.25) is 4.79 Å². The Labute approximate surface area is 175 Å². The lowest BCUT2D eigenvalue weighted by atomic mass is 9.78. The highest BCUT2D eigenvalue weighted by Gasteiger charge is 2.47. The van der Waals surface area contributed by atoms with Crippen molar-refractivity contribution >= 4 is 21.6 Å². The average Bonchev–Trinajstić information content (AvgIpc) is 2.73. The number of amides is 1.